The Balaban J connectivity index is 1.52. The van der Waals surface area contributed by atoms with Crippen LogP contribution in [0.1, 0.15) is 41.6 Å². The molecule has 2 aliphatic heterocycles. The number of nitrogens with zero attached hydrogens (tertiary/aromatic N) is 4. The van der Waals surface area contributed by atoms with E-state index in [1.54, 1.807) is 19.4 Å². The monoisotopic (exact) mass is 472 g/mol. The molecule has 0 aromatic carbocycles. The third-order valence-corrected chi connectivity index (χ3v) is 8.33. The summed E-state index contributed by atoms with van der Waals surface area (Å²) in [5.74, 6) is 0.0539. The maximum atomic E-state index is 12.9. The van der Waals surface area contributed by atoms with Crippen LogP contribution in [0, 0.1) is 6.92 Å². The number of sulfonamides is 1. The van der Waals surface area contributed by atoms with Crippen LogP contribution in [-0.2, 0) is 10.0 Å². The Bertz CT molecular complexity index is 816. The summed E-state index contributed by atoms with van der Waals surface area (Å²) in [4.78, 5) is 21.4. The van der Waals surface area contributed by atoms with Crippen molar-refractivity contribution in [1.29, 1.82) is 0 Å². The number of carbonyl (C=O) groups is 1. The highest BCUT2D eigenvalue weighted by molar-refractivity contribution is 9.10. The Labute approximate surface area is 176 Å². The fourth-order valence-corrected chi connectivity index (χ4v) is 5.29. The minimum atomic E-state index is -3.13. The minimum absolute atomic E-state index is 0.0539. The van der Waals surface area contributed by atoms with Crippen molar-refractivity contribution in [2.75, 3.05) is 39.5 Å². The van der Waals surface area contributed by atoms with Crippen LogP contribution >= 0.6 is 15.9 Å². The molecule has 7 nitrogen and oxygen atoms in total. The third kappa shape index (κ3) is 4.75. The Morgan fingerprint density at radius 1 is 1.14 bits per heavy atom. The van der Waals surface area contributed by atoms with Gasteiger partial charge in [-0.3, -0.25) is 9.78 Å². The van der Waals surface area contributed by atoms with Gasteiger partial charge in [-0.05, 0) is 67.2 Å². The van der Waals surface area contributed by atoms with E-state index in [0.717, 1.165) is 61.9 Å². The molecule has 0 N–H and O–H groups in total. The summed E-state index contributed by atoms with van der Waals surface area (Å²) in [5.41, 5.74) is 1.59. The first-order valence-electron chi connectivity index (χ1n) is 9.75. The van der Waals surface area contributed by atoms with Gasteiger partial charge in [-0.25, -0.2) is 12.7 Å². The number of halogens is 1. The van der Waals surface area contributed by atoms with Crippen molar-refractivity contribution in [1.82, 2.24) is 19.1 Å². The molecule has 3 rings (SSSR count). The number of hydrogen-bond donors (Lipinski definition) is 0. The summed E-state index contributed by atoms with van der Waals surface area (Å²) in [6.07, 6.45) is 8.28. The molecular formula is C19H29BrN4O3S. The molecule has 0 atom stereocenters. The molecule has 1 amide bonds. The number of aromatic nitrogens is 1. The van der Waals surface area contributed by atoms with Crippen molar-refractivity contribution < 1.29 is 13.2 Å². The van der Waals surface area contributed by atoms with E-state index in [1.165, 1.54) is 10.6 Å². The largest absolute Gasteiger partial charge is 0.338 e. The average molecular weight is 473 g/mol. The van der Waals surface area contributed by atoms with E-state index in [-0.39, 0.29) is 11.9 Å². The molecule has 156 valence electrons. The molecule has 0 aliphatic carbocycles. The predicted molar refractivity (Wildman–Crippen MR) is 113 cm³/mol. The smallest absolute Gasteiger partial charge is 0.255 e. The predicted octanol–water partition coefficient (Wildman–Crippen LogP) is 2.11. The number of rotatable bonds is 4. The van der Waals surface area contributed by atoms with E-state index in [1.807, 2.05) is 11.8 Å². The normalized spacial score (nSPS) is 20.7. The molecule has 2 fully saturated rings. The van der Waals surface area contributed by atoms with Crippen molar-refractivity contribution in [3.63, 3.8) is 0 Å². The van der Waals surface area contributed by atoms with Gasteiger partial charge in [0.15, 0.2) is 0 Å². The fraction of sp³-hybridized carbons (Fsp3) is 0.684. The van der Waals surface area contributed by atoms with E-state index in [0.29, 0.717) is 11.6 Å². The quantitative estimate of drug-likeness (QED) is 0.670. The number of piperidine rings is 2. The first-order chi connectivity index (χ1) is 13.2. The number of amides is 1. The zero-order valence-electron chi connectivity index (χ0n) is 16.8. The maximum absolute atomic E-state index is 12.9. The summed E-state index contributed by atoms with van der Waals surface area (Å²) in [7, 11) is -1.45. The van der Waals surface area contributed by atoms with Gasteiger partial charge in [0.1, 0.15) is 0 Å². The SMILES string of the molecule is Cc1c(Br)cncc1C(=O)N1CCC(N2CCC(N(C)S(C)(=O)=O)CC2)CC1. The Morgan fingerprint density at radius 2 is 1.75 bits per heavy atom. The minimum Gasteiger partial charge on any atom is -0.338 e. The molecule has 1 aromatic rings. The van der Waals surface area contributed by atoms with Crippen molar-refractivity contribution in [3.05, 3.63) is 28.0 Å². The molecule has 0 saturated carbocycles. The summed E-state index contributed by atoms with van der Waals surface area (Å²) in [6, 6.07) is 0.565. The standard InChI is InChI=1S/C19H29BrN4O3S/c1-14-17(12-21-13-18(14)20)19(25)24-10-6-16(7-11-24)23-8-4-15(5-9-23)22(2)28(3,26)27/h12-13,15-16H,4-11H2,1-3H3. The lowest BCUT2D eigenvalue weighted by molar-refractivity contribution is 0.0547. The summed E-state index contributed by atoms with van der Waals surface area (Å²) < 4.78 is 25.9. The summed E-state index contributed by atoms with van der Waals surface area (Å²) in [5, 5.41) is 0. The summed E-state index contributed by atoms with van der Waals surface area (Å²) in [6.45, 7) is 5.26. The third-order valence-electron chi connectivity index (χ3n) is 6.19. The second-order valence-corrected chi connectivity index (χ2v) is 10.8. The van der Waals surface area contributed by atoms with Crippen LogP contribution < -0.4 is 0 Å². The van der Waals surface area contributed by atoms with Crippen molar-refractivity contribution in [2.24, 2.45) is 0 Å². The van der Waals surface area contributed by atoms with Crippen LogP contribution in [0.5, 0.6) is 0 Å². The van der Waals surface area contributed by atoms with Crippen LogP contribution in [0.2, 0.25) is 0 Å². The molecule has 2 saturated heterocycles. The van der Waals surface area contributed by atoms with E-state index in [2.05, 4.69) is 25.8 Å². The molecule has 0 spiro atoms. The van der Waals surface area contributed by atoms with Crippen LogP contribution in [0.25, 0.3) is 0 Å². The van der Waals surface area contributed by atoms with Crippen LogP contribution in [-0.4, -0.2) is 85.0 Å². The zero-order chi connectivity index (χ0) is 20.5. The lowest BCUT2D eigenvalue weighted by Gasteiger charge is -2.43. The molecule has 0 unspecified atom stereocenters. The lowest BCUT2D eigenvalue weighted by atomic mass is 9.97. The maximum Gasteiger partial charge on any atom is 0.255 e. The number of pyridine rings is 1. The molecule has 0 radical (unpaired) electrons. The van der Waals surface area contributed by atoms with Gasteiger partial charge in [0.2, 0.25) is 10.0 Å². The average Bonchev–Trinajstić information content (AvgIpc) is 2.68. The molecular weight excluding hydrogens is 444 g/mol. The van der Waals surface area contributed by atoms with E-state index >= 15 is 0 Å². The molecule has 1 aromatic heterocycles. The molecule has 0 bridgehead atoms. The van der Waals surface area contributed by atoms with Gasteiger partial charge >= 0.3 is 0 Å². The van der Waals surface area contributed by atoms with E-state index in [4.69, 9.17) is 0 Å². The molecule has 9 heteroatoms. The van der Waals surface area contributed by atoms with Gasteiger partial charge < -0.3 is 9.80 Å². The van der Waals surface area contributed by atoms with Gasteiger partial charge in [-0.2, -0.15) is 0 Å². The van der Waals surface area contributed by atoms with E-state index < -0.39 is 10.0 Å². The first kappa shape index (κ1) is 21.7. The summed E-state index contributed by atoms with van der Waals surface area (Å²) >= 11 is 3.45. The molecule has 2 aliphatic rings. The number of hydrogen-bond acceptors (Lipinski definition) is 5. The van der Waals surface area contributed by atoms with Gasteiger partial charge in [0, 0.05) is 49.1 Å². The van der Waals surface area contributed by atoms with Gasteiger partial charge in [-0.15, -0.1) is 0 Å². The topological polar surface area (TPSA) is 73.8 Å². The molecule has 28 heavy (non-hydrogen) atoms. The Kier molecular flexibility index (Phi) is 6.79. The fourth-order valence-electron chi connectivity index (χ4n) is 4.20. The van der Waals surface area contributed by atoms with Gasteiger partial charge in [0.05, 0.1) is 11.8 Å². The lowest BCUT2D eigenvalue weighted by Crippen LogP contribution is -2.52. The highest BCUT2D eigenvalue weighted by atomic mass is 79.9. The van der Waals surface area contributed by atoms with Crippen LogP contribution in [0.3, 0.4) is 0 Å². The Morgan fingerprint density at radius 3 is 2.32 bits per heavy atom. The van der Waals surface area contributed by atoms with Crippen molar-refractivity contribution in [3.8, 4) is 0 Å². The number of carbonyl (C=O) groups excluding carboxylic acids is 1. The van der Waals surface area contributed by atoms with Crippen LogP contribution in [0.15, 0.2) is 16.9 Å². The molecule has 3 heterocycles. The first-order valence-corrected chi connectivity index (χ1v) is 12.4. The van der Waals surface area contributed by atoms with E-state index in [9.17, 15) is 13.2 Å². The zero-order valence-corrected chi connectivity index (χ0v) is 19.2. The van der Waals surface area contributed by atoms with Crippen molar-refractivity contribution >= 4 is 31.9 Å². The van der Waals surface area contributed by atoms with Crippen molar-refractivity contribution in [2.45, 2.75) is 44.7 Å². The van der Waals surface area contributed by atoms with Crippen LogP contribution in [0.4, 0.5) is 0 Å². The highest BCUT2D eigenvalue weighted by Crippen LogP contribution is 2.25. The second kappa shape index (κ2) is 8.77. The van der Waals surface area contributed by atoms with Gasteiger partial charge in [0.25, 0.3) is 5.91 Å². The Hall–Kier alpha value is -1.03. The highest BCUT2D eigenvalue weighted by Gasteiger charge is 2.32. The van der Waals surface area contributed by atoms with Gasteiger partial charge in [-0.1, -0.05) is 0 Å². The number of likely N-dealkylation sites (tertiary alicyclic amines) is 2. The second-order valence-electron chi connectivity index (χ2n) is 7.86.